The minimum atomic E-state index is -1.45. The summed E-state index contributed by atoms with van der Waals surface area (Å²) in [6.07, 6.45) is 3.16. The van der Waals surface area contributed by atoms with E-state index in [0.29, 0.717) is 0 Å². The number of hydrogen-bond acceptors (Lipinski definition) is 6. The average molecular weight is 462 g/mol. The van der Waals surface area contributed by atoms with Gasteiger partial charge >= 0.3 is 0 Å². The molecule has 8 heteroatoms. The number of nitrogens with two attached hydrogens (primary N) is 1. The highest BCUT2D eigenvalue weighted by Gasteiger charge is 2.53. The Hall–Kier alpha value is -2.55. The second-order valence-electron chi connectivity index (χ2n) is 9.32. The third kappa shape index (κ3) is 7.48. The van der Waals surface area contributed by atoms with E-state index in [1.54, 1.807) is 24.6 Å². The molecule has 0 aliphatic carbocycles. The minimum absolute atomic E-state index is 0.0195. The number of carbonyl (C=O) groups excluding carboxylic acids is 3. The Morgan fingerprint density at radius 2 is 1.67 bits per heavy atom. The second-order valence-corrected chi connectivity index (χ2v) is 9.32. The first-order chi connectivity index (χ1) is 15.5. The van der Waals surface area contributed by atoms with Crippen LogP contribution in [0.5, 0.6) is 0 Å². The maximum atomic E-state index is 13.9. The zero-order chi connectivity index (χ0) is 25.2. The number of benzene rings is 1. The van der Waals surface area contributed by atoms with Gasteiger partial charge in [-0.05, 0) is 37.2 Å². The number of hydroxylamine groups is 1. The lowest BCUT2D eigenvalue weighted by atomic mass is 9.60. The van der Waals surface area contributed by atoms with Crippen LogP contribution >= 0.6 is 0 Å². The van der Waals surface area contributed by atoms with Crippen LogP contribution in [0, 0.1) is 29.1 Å². The second kappa shape index (κ2) is 13.2. The van der Waals surface area contributed by atoms with E-state index >= 15 is 0 Å². The molecule has 0 saturated carbocycles. The molecule has 0 radical (unpaired) electrons. The Bertz CT molecular complexity index is 810. The van der Waals surface area contributed by atoms with E-state index in [2.05, 4.69) is 5.43 Å². The highest BCUT2D eigenvalue weighted by Crippen LogP contribution is 2.45. The van der Waals surface area contributed by atoms with E-state index in [4.69, 9.17) is 10.6 Å². The van der Waals surface area contributed by atoms with Gasteiger partial charge in [0.1, 0.15) is 6.10 Å². The van der Waals surface area contributed by atoms with Crippen molar-refractivity contribution in [3.05, 3.63) is 42.0 Å². The van der Waals surface area contributed by atoms with Crippen LogP contribution in [0.3, 0.4) is 0 Å². The molecule has 1 unspecified atom stereocenters. The maximum Gasteiger partial charge on any atom is 0.248 e. The molecule has 33 heavy (non-hydrogen) atoms. The number of carbonyl (C=O) groups is 3. The largest absolute Gasteiger partial charge is 0.374 e. The Morgan fingerprint density at radius 3 is 2.12 bits per heavy atom. The summed E-state index contributed by atoms with van der Waals surface area (Å²) in [6, 6.07) is 9.36. The van der Waals surface area contributed by atoms with Gasteiger partial charge in [-0.25, -0.2) is 11.3 Å². The predicted octanol–water partition coefficient (Wildman–Crippen LogP) is 3.11. The van der Waals surface area contributed by atoms with Crippen molar-refractivity contribution in [2.75, 3.05) is 7.11 Å². The summed E-state index contributed by atoms with van der Waals surface area (Å²) >= 11 is 0. The molecule has 8 nitrogen and oxygen atoms in total. The van der Waals surface area contributed by atoms with Gasteiger partial charge in [-0.3, -0.25) is 25.0 Å². The van der Waals surface area contributed by atoms with Crippen molar-refractivity contribution in [1.29, 1.82) is 0 Å². The predicted molar refractivity (Wildman–Crippen MR) is 128 cm³/mol. The molecule has 1 aromatic rings. The van der Waals surface area contributed by atoms with Crippen LogP contribution in [0.1, 0.15) is 53.0 Å². The molecular weight excluding hydrogens is 422 g/mol. The van der Waals surface area contributed by atoms with Crippen molar-refractivity contribution in [2.24, 2.45) is 34.9 Å². The van der Waals surface area contributed by atoms with Crippen molar-refractivity contribution < 1.29 is 24.3 Å². The summed E-state index contributed by atoms with van der Waals surface area (Å²) < 4.78 is 5.36. The van der Waals surface area contributed by atoms with Gasteiger partial charge < -0.3 is 4.74 Å². The molecule has 5 N–H and O–H groups in total. The van der Waals surface area contributed by atoms with Crippen molar-refractivity contribution >= 4 is 23.7 Å². The van der Waals surface area contributed by atoms with E-state index in [-0.39, 0.29) is 30.5 Å². The highest BCUT2D eigenvalue weighted by molar-refractivity contribution is 5.98. The van der Waals surface area contributed by atoms with Crippen LogP contribution in [0.15, 0.2) is 36.4 Å². The van der Waals surface area contributed by atoms with E-state index in [0.717, 1.165) is 5.56 Å². The number of amides is 2. The van der Waals surface area contributed by atoms with Gasteiger partial charge in [-0.15, -0.1) is 0 Å². The van der Waals surface area contributed by atoms with Crippen LogP contribution in [-0.2, 0) is 19.1 Å². The van der Waals surface area contributed by atoms with Crippen molar-refractivity contribution in [3.63, 3.8) is 0 Å². The summed E-state index contributed by atoms with van der Waals surface area (Å²) in [4.78, 5) is 40.0. The number of nitrogens with one attached hydrogen (secondary N) is 2. The molecule has 0 heterocycles. The van der Waals surface area contributed by atoms with Crippen molar-refractivity contribution in [3.8, 4) is 0 Å². The number of hydrazine groups is 1. The van der Waals surface area contributed by atoms with Gasteiger partial charge in [0.2, 0.25) is 11.8 Å². The standard InChI is InChI=1S/C25H39N3O5/c1-16(2)14-20(23(30)27-26)21(24(31)28-32)25(15-17(3)4,22(29)18(5)33-6)13-12-19-10-8-7-9-11-19/h7-13,16-18,20-21,32H,14-15,26H2,1-6H3,(H,27,30)(H,28,31)/b13-12+/t18-,20-,21-,25?/m1/s1. The lowest BCUT2D eigenvalue weighted by Gasteiger charge is -2.42. The normalized spacial score (nSPS) is 16.3. The number of allylic oxidation sites excluding steroid dienone is 1. The van der Waals surface area contributed by atoms with E-state index < -0.39 is 35.2 Å². The first-order valence-electron chi connectivity index (χ1n) is 11.3. The van der Waals surface area contributed by atoms with Gasteiger partial charge in [-0.1, -0.05) is 70.2 Å². The van der Waals surface area contributed by atoms with Gasteiger partial charge in [0.15, 0.2) is 5.78 Å². The fraction of sp³-hybridized carbons (Fsp3) is 0.560. The fourth-order valence-electron chi connectivity index (χ4n) is 4.46. The van der Waals surface area contributed by atoms with Crippen LogP contribution < -0.4 is 16.7 Å². The van der Waals surface area contributed by atoms with Gasteiger partial charge in [0, 0.05) is 7.11 Å². The fourth-order valence-corrected chi connectivity index (χ4v) is 4.46. The Balaban J connectivity index is 3.92. The van der Waals surface area contributed by atoms with Crippen molar-refractivity contribution in [2.45, 2.75) is 53.6 Å². The molecule has 4 atom stereocenters. The Labute approximate surface area is 196 Å². The first-order valence-corrected chi connectivity index (χ1v) is 11.3. The van der Waals surface area contributed by atoms with E-state index in [1.807, 2.05) is 58.0 Å². The van der Waals surface area contributed by atoms with Crippen LogP contribution in [0.2, 0.25) is 0 Å². The molecular formula is C25H39N3O5. The van der Waals surface area contributed by atoms with Gasteiger partial charge in [0.25, 0.3) is 0 Å². The number of rotatable bonds is 13. The molecule has 0 saturated heterocycles. The minimum Gasteiger partial charge on any atom is -0.374 e. The summed E-state index contributed by atoms with van der Waals surface area (Å²) in [5.74, 6) is 1.55. The molecule has 0 spiro atoms. The number of Topliss-reactive ketones (excluding diaryl/α,β-unsaturated/α-hetero) is 1. The number of ether oxygens (including phenoxy) is 1. The molecule has 0 bridgehead atoms. The molecule has 2 amide bonds. The van der Waals surface area contributed by atoms with Gasteiger partial charge in [-0.2, -0.15) is 0 Å². The number of ketones is 1. The third-order valence-corrected chi connectivity index (χ3v) is 5.85. The van der Waals surface area contributed by atoms with Crippen LogP contribution in [0.25, 0.3) is 6.08 Å². The SMILES string of the molecule is CO[C@H](C)C(=O)C(/C=C/c1ccccc1)(CC(C)C)[C@@H](C(=O)NO)[C@@H](CC(C)C)C(=O)NN. The van der Waals surface area contributed by atoms with E-state index in [9.17, 15) is 19.6 Å². The number of methoxy groups -OCH3 is 1. The van der Waals surface area contributed by atoms with Crippen molar-refractivity contribution in [1.82, 2.24) is 10.9 Å². The summed E-state index contributed by atoms with van der Waals surface area (Å²) in [6.45, 7) is 9.30. The lowest BCUT2D eigenvalue weighted by Crippen LogP contribution is -2.55. The Morgan fingerprint density at radius 1 is 1.06 bits per heavy atom. The summed E-state index contributed by atoms with van der Waals surface area (Å²) in [5.41, 5.74) is 3.23. The van der Waals surface area contributed by atoms with Crippen LogP contribution in [0.4, 0.5) is 0 Å². The monoisotopic (exact) mass is 461 g/mol. The smallest absolute Gasteiger partial charge is 0.248 e. The zero-order valence-electron chi connectivity index (χ0n) is 20.5. The average Bonchev–Trinajstić information content (AvgIpc) is 2.80. The molecule has 0 aliphatic rings. The molecule has 1 rings (SSSR count). The third-order valence-electron chi connectivity index (χ3n) is 5.85. The summed E-state index contributed by atoms with van der Waals surface area (Å²) in [5, 5.41) is 9.67. The summed E-state index contributed by atoms with van der Waals surface area (Å²) in [7, 11) is 1.42. The maximum absolute atomic E-state index is 13.9. The molecule has 184 valence electrons. The zero-order valence-corrected chi connectivity index (χ0v) is 20.5. The van der Waals surface area contributed by atoms with Crippen LogP contribution in [-0.4, -0.2) is 36.0 Å². The quantitative estimate of drug-likeness (QED) is 0.155. The lowest BCUT2D eigenvalue weighted by molar-refractivity contribution is -0.154. The Kier molecular flexibility index (Phi) is 11.4. The first kappa shape index (κ1) is 28.5. The topological polar surface area (TPSA) is 131 Å². The number of hydrogen-bond donors (Lipinski definition) is 4. The van der Waals surface area contributed by atoms with Gasteiger partial charge in [0.05, 0.1) is 17.3 Å². The molecule has 0 aliphatic heterocycles. The van der Waals surface area contributed by atoms with E-state index in [1.165, 1.54) is 7.11 Å². The molecule has 0 fully saturated rings. The molecule has 0 aromatic heterocycles. The molecule has 1 aromatic carbocycles. The highest BCUT2D eigenvalue weighted by atomic mass is 16.5.